The van der Waals surface area contributed by atoms with Gasteiger partial charge in [-0.25, -0.2) is 9.66 Å². The zero-order valence-electron chi connectivity index (χ0n) is 8.62. The van der Waals surface area contributed by atoms with Crippen molar-refractivity contribution in [3.05, 3.63) is 18.2 Å². The zero-order valence-corrected chi connectivity index (χ0v) is 8.62. The molecule has 0 bridgehead atoms. The predicted octanol–water partition coefficient (Wildman–Crippen LogP) is 1.57. The smallest absolute Gasteiger partial charge is 0.114 e. The van der Waals surface area contributed by atoms with E-state index in [0.29, 0.717) is 0 Å². The molecule has 1 aromatic heterocycles. The summed E-state index contributed by atoms with van der Waals surface area (Å²) in [6.07, 6.45) is 6.28. The number of fused-ring (bicyclic) bond motifs is 1. The van der Waals surface area contributed by atoms with Crippen molar-refractivity contribution in [1.82, 2.24) is 9.66 Å². The molecule has 0 unspecified atom stereocenters. The zero-order chi connectivity index (χ0) is 9.47. The molecule has 2 rings (SSSR count). The molecule has 0 fully saturated rings. The van der Waals surface area contributed by atoms with Gasteiger partial charge in [-0.2, -0.15) is 0 Å². The van der Waals surface area contributed by atoms with Gasteiger partial charge < -0.3 is 5.01 Å². The molecule has 0 amide bonds. The standard InChI is InChI=1S/C10H17N3/c1-10(2,3)13-6-4-5-9-7-11-8-12(9)13/h7-8H,4-6H2,1-3H3. The average molecular weight is 179 g/mol. The minimum Gasteiger partial charge on any atom is -0.306 e. The maximum atomic E-state index is 4.19. The third-order valence-electron chi connectivity index (χ3n) is 2.53. The fourth-order valence-corrected chi connectivity index (χ4v) is 1.89. The summed E-state index contributed by atoms with van der Waals surface area (Å²) in [6, 6.07) is 0. The molecular formula is C10H17N3. The van der Waals surface area contributed by atoms with E-state index in [2.05, 4.69) is 35.4 Å². The van der Waals surface area contributed by atoms with Crippen molar-refractivity contribution in [2.24, 2.45) is 0 Å². The van der Waals surface area contributed by atoms with Crippen LogP contribution in [0.3, 0.4) is 0 Å². The number of aromatic nitrogens is 2. The van der Waals surface area contributed by atoms with E-state index in [1.54, 1.807) is 0 Å². The lowest BCUT2D eigenvalue weighted by Gasteiger charge is -2.41. The van der Waals surface area contributed by atoms with Gasteiger partial charge >= 0.3 is 0 Å². The van der Waals surface area contributed by atoms with Crippen LogP contribution in [0.4, 0.5) is 0 Å². The van der Waals surface area contributed by atoms with E-state index < -0.39 is 0 Å². The highest BCUT2D eigenvalue weighted by atomic mass is 15.6. The first-order valence-electron chi connectivity index (χ1n) is 4.88. The van der Waals surface area contributed by atoms with Crippen molar-refractivity contribution in [2.75, 3.05) is 11.6 Å². The minimum atomic E-state index is 0.190. The predicted molar refractivity (Wildman–Crippen MR) is 53.4 cm³/mol. The summed E-state index contributed by atoms with van der Waals surface area (Å²) < 4.78 is 2.20. The van der Waals surface area contributed by atoms with Gasteiger partial charge in [0.25, 0.3) is 0 Å². The molecule has 2 heterocycles. The molecule has 1 aromatic rings. The largest absolute Gasteiger partial charge is 0.306 e. The van der Waals surface area contributed by atoms with E-state index in [0.717, 1.165) is 13.0 Å². The number of rotatable bonds is 0. The number of nitrogens with zero attached hydrogens (tertiary/aromatic N) is 3. The molecular weight excluding hydrogens is 162 g/mol. The Hall–Kier alpha value is -0.990. The Balaban J connectivity index is 2.35. The molecule has 0 saturated carbocycles. The van der Waals surface area contributed by atoms with E-state index in [1.165, 1.54) is 12.1 Å². The van der Waals surface area contributed by atoms with Crippen molar-refractivity contribution >= 4 is 0 Å². The Morgan fingerprint density at radius 1 is 1.38 bits per heavy atom. The quantitative estimate of drug-likeness (QED) is 0.602. The van der Waals surface area contributed by atoms with Crippen LogP contribution in [0.2, 0.25) is 0 Å². The van der Waals surface area contributed by atoms with Gasteiger partial charge in [0.15, 0.2) is 0 Å². The van der Waals surface area contributed by atoms with E-state index in [4.69, 9.17) is 0 Å². The van der Waals surface area contributed by atoms with Gasteiger partial charge in [0.2, 0.25) is 0 Å². The van der Waals surface area contributed by atoms with Gasteiger partial charge in [-0.3, -0.25) is 0 Å². The Bertz CT molecular complexity index is 295. The summed E-state index contributed by atoms with van der Waals surface area (Å²) in [5.74, 6) is 0. The number of hydrogen-bond donors (Lipinski definition) is 0. The number of hydrogen-bond acceptors (Lipinski definition) is 2. The van der Waals surface area contributed by atoms with E-state index >= 15 is 0 Å². The number of imidazole rings is 1. The Morgan fingerprint density at radius 2 is 2.15 bits per heavy atom. The summed E-state index contributed by atoms with van der Waals surface area (Å²) in [4.78, 5) is 4.19. The molecule has 3 heteroatoms. The summed E-state index contributed by atoms with van der Waals surface area (Å²) in [5, 5.41) is 2.37. The van der Waals surface area contributed by atoms with Crippen molar-refractivity contribution in [2.45, 2.75) is 39.2 Å². The second-order valence-corrected chi connectivity index (χ2v) is 4.63. The molecule has 0 radical (unpaired) electrons. The second kappa shape index (κ2) is 2.76. The van der Waals surface area contributed by atoms with Gasteiger partial charge in [0, 0.05) is 12.1 Å². The van der Waals surface area contributed by atoms with Crippen LogP contribution in [0.5, 0.6) is 0 Å². The first kappa shape index (κ1) is 8.60. The van der Waals surface area contributed by atoms with Crippen LogP contribution >= 0.6 is 0 Å². The molecule has 0 aliphatic carbocycles. The topological polar surface area (TPSA) is 21.1 Å². The van der Waals surface area contributed by atoms with E-state index in [9.17, 15) is 0 Å². The molecule has 3 nitrogen and oxygen atoms in total. The summed E-state index contributed by atoms with van der Waals surface area (Å²) in [7, 11) is 0. The maximum absolute atomic E-state index is 4.19. The molecule has 0 atom stereocenters. The molecule has 0 spiro atoms. The fraction of sp³-hybridized carbons (Fsp3) is 0.700. The van der Waals surface area contributed by atoms with Gasteiger partial charge in [0.05, 0.1) is 11.9 Å². The Kier molecular flexibility index (Phi) is 1.82. The molecule has 72 valence electrons. The number of aryl methyl sites for hydroxylation is 1. The molecule has 1 aliphatic rings. The van der Waals surface area contributed by atoms with E-state index in [1.807, 2.05) is 12.5 Å². The molecule has 0 N–H and O–H groups in total. The third kappa shape index (κ3) is 1.43. The van der Waals surface area contributed by atoms with Crippen molar-refractivity contribution in [3.63, 3.8) is 0 Å². The van der Waals surface area contributed by atoms with Gasteiger partial charge in [-0.15, -0.1) is 0 Å². The fourth-order valence-electron chi connectivity index (χ4n) is 1.89. The molecule has 13 heavy (non-hydrogen) atoms. The van der Waals surface area contributed by atoms with Crippen LogP contribution < -0.4 is 5.01 Å². The summed E-state index contributed by atoms with van der Waals surface area (Å²) in [6.45, 7) is 7.85. The molecule has 0 aromatic carbocycles. The lowest BCUT2D eigenvalue weighted by molar-refractivity contribution is 0.365. The second-order valence-electron chi connectivity index (χ2n) is 4.63. The highest BCUT2D eigenvalue weighted by Crippen LogP contribution is 2.19. The molecule has 1 aliphatic heterocycles. The summed E-state index contributed by atoms with van der Waals surface area (Å²) in [5.41, 5.74) is 1.52. The van der Waals surface area contributed by atoms with Crippen LogP contribution in [0.15, 0.2) is 12.5 Å². The third-order valence-corrected chi connectivity index (χ3v) is 2.53. The SMILES string of the molecule is CC(C)(C)N1CCCc2cncn21. The normalized spacial score (nSPS) is 17.3. The summed E-state index contributed by atoms with van der Waals surface area (Å²) >= 11 is 0. The van der Waals surface area contributed by atoms with Crippen LogP contribution in [0.25, 0.3) is 0 Å². The lowest BCUT2D eigenvalue weighted by Crippen LogP contribution is -2.51. The van der Waals surface area contributed by atoms with Crippen LogP contribution in [0, 0.1) is 0 Å². The highest BCUT2D eigenvalue weighted by Gasteiger charge is 2.25. The van der Waals surface area contributed by atoms with Crippen LogP contribution in [-0.4, -0.2) is 21.7 Å². The van der Waals surface area contributed by atoms with Crippen molar-refractivity contribution < 1.29 is 0 Å². The van der Waals surface area contributed by atoms with Gasteiger partial charge in [0.1, 0.15) is 6.33 Å². The van der Waals surface area contributed by atoms with Gasteiger partial charge in [-0.1, -0.05) is 0 Å². The first-order valence-corrected chi connectivity index (χ1v) is 4.88. The average Bonchev–Trinajstić information content (AvgIpc) is 2.48. The molecule has 0 saturated heterocycles. The lowest BCUT2D eigenvalue weighted by atomic mass is 10.1. The maximum Gasteiger partial charge on any atom is 0.114 e. The van der Waals surface area contributed by atoms with Crippen LogP contribution in [0.1, 0.15) is 32.9 Å². The van der Waals surface area contributed by atoms with Crippen molar-refractivity contribution in [1.29, 1.82) is 0 Å². The van der Waals surface area contributed by atoms with E-state index in [-0.39, 0.29) is 5.54 Å². The highest BCUT2D eigenvalue weighted by molar-refractivity contribution is 5.12. The van der Waals surface area contributed by atoms with Crippen LogP contribution in [-0.2, 0) is 6.42 Å². The van der Waals surface area contributed by atoms with Crippen molar-refractivity contribution in [3.8, 4) is 0 Å². The monoisotopic (exact) mass is 179 g/mol. The Morgan fingerprint density at radius 3 is 2.85 bits per heavy atom. The van der Waals surface area contributed by atoms with Gasteiger partial charge in [-0.05, 0) is 33.6 Å². The minimum absolute atomic E-state index is 0.190. The Labute approximate surface area is 79.3 Å². The first-order chi connectivity index (χ1) is 6.09.